The first-order valence-electron chi connectivity index (χ1n) is 12.6. The molecule has 0 bridgehead atoms. The van der Waals surface area contributed by atoms with Gasteiger partial charge in [0.15, 0.2) is 0 Å². The van der Waals surface area contributed by atoms with Crippen LogP contribution in [-0.2, 0) is 0 Å². The number of hydrogen-bond acceptors (Lipinski definition) is 5. The summed E-state index contributed by atoms with van der Waals surface area (Å²) in [5.41, 5.74) is 7.91. The molecule has 0 amide bonds. The number of allylic oxidation sites excluding steroid dienone is 3. The smallest absolute Gasteiger partial charge is 0.0994 e. The fraction of sp³-hybridized carbons (Fsp3) is 0.0909. The highest BCUT2D eigenvalue weighted by molar-refractivity contribution is 8.15. The molecule has 0 saturated carbocycles. The number of benzene rings is 3. The lowest BCUT2D eigenvalue weighted by Gasteiger charge is -2.23. The lowest BCUT2D eigenvalue weighted by Crippen LogP contribution is -2.29. The van der Waals surface area contributed by atoms with E-state index in [4.69, 9.17) is 20.8 Å². The Hall–Kier alpha value is -4.35. The summed E-state index contributed by atoms with van der Waals surface area (Å²) in [6.45, 7) is 2.19. The van der Waals surface area contributed by atoms with Crippen molar-refractivity contribution in [1.29, 1.82) is 10.8 Å². The topological polar surface area (TPSA) is 73.0 Å². The summed E-state index contributed by atoms with van der Waals surface area (Å²) in [6, 6.07) is 24.9. The van der Waals surface area contributed by atoms with Gasteiger partial charge in [-0.15, -0.1) is 0 Å². The predicted octanol–water partition coefficient (Wildman–Crippen LogP) is 7.73. The van der Waals surface area contributed by atoms with Gasteiger partial charge in [0.25, 0.3) is 0 Å². The maximum absolute atomic E-state index is 8.69. The normalized spacial score (nSPS) is 21.5. The molecule has 3 aliphatic rings. The number of pyridine rings is 1. The van der Waals surface area contributed by atoms with E-state index in [0.717, 1.165) is 55.0 Å². The van der Waals surface area contributed by atoms with Gasteiger partial charge in [-0.05, 0) is 36.3 Å². The van der Waals surface area contributed by atoms with E-state index in [9.17, 15) is 0 Å². The summed E-state index contributed by atoms with van der Waals surface area (Å²) in [6.07, 6.45) is 12.2. The lowest BCUT2D eigenvalue weighted by molar-refractivity contribution is 0.618. The molecule has 3 aromatic carbocycles. The second-order valence-electron chi connectivity index (χ2n) is 9.97. The van der Waals surface area contributed by atoms with Gasteiger partial charge in [-0.25, -0.2) is 4.98 Å². The van der Waals surface area contributed by atoms with Crippen LogP contribution in [0, 0.1) is 10.8 Å². The van der Waals surface area contributed by atoms with Crippen molar-refractivity contribution in [2.75, 3.05) is 0 Å². The van der Waals surface area contributed by atoms with Crippen LogP contribution in [-0.4, -0.2) is 32.2 Å². The molecule has 4 nitrogen and oxygen atoms in total. The Balaban J connectivity index is 1.30. The average molecular weight is 509 g/mol. The highest BCUT2D eigenvalue weighted by atomic mass is 32.2. The Labute approximate surface area is 225 Å². The minimum Gasteiger partial charge on any atom is -0.299 e. The van der Waals surface area contributed by atoms with E-state index in [0.29, 0.717) is 5.25 Å². The number of hydrogen-bond donors (Lipinski definition) is 2. The van der Waals surface area contributed by atoms with E-state index >= 15 is 0 Å². The fourth-order valence-corrected chi connectivity index (χ4v) is 6.66. The molecular formula is C33H24N4S. The molecule has 182 valence electrons. The maximum atomic E-state index is 8.69. The molecule has 38 heavy (non-hydrogen) atoms. The van der Waals surface area contributed by atoms with E-state index in [2.05, 4.69) is 67.6 Å². The number of aliphatic imine (C=N–C) groups is 1. The van der Waals surface area contributed by atoms with Gasteiger partial charge in [0.05, 0.1) is 38.5 Å². The summed E-state index contributed by atoms with van der Waals surface area (Å²) < 4.78 is 0. The molecule has 2 heterocycles. The second-order valence-corrected chi connectivity index (χ2v) is 11.1. The van der Waals surface area contributed by atoms with Crippen LogP contribution in [0.5, 0.6) is 0 Å². The monoisotopic (exact) mass is 508 g/mol. The summed E-state index contributed by atoms with van der Waals surface area (Å²) >= 11 is 1.82. The summed E-state index contributed by atoms with van der Waals surface area (Å²) in [5.74, 6) is 0. The van der Waals surface area contributed by atoms with Crippen LogP contribution in [0.25, 0.3) is 39.4 Å². The second kappa shape index (κ2) is 8.61. The highest BCUT2D eigenvalue weighted by Gasteiger charge is 2.38. The predicted molar refractivity (Wildman–Crippen MR) is 161 cm³/mol. The molecule has 2 unspecified atom stereocenters. The van der Waals surface area contributed by atoms with E-state index in [1.54, 1.807) is 6.08 Å². The molecular weight excluding hydrogens is 484 g/mol. The molecule has 2 N–H and O–H groups in total. The van der Waals surface area contributed by atoms with Crippen LogP contribution in [0.1, 0.15) is 23.6 Å². The number of aromatic nitrogens is 1. The van der Waals surface area contributed by atoms with Crippen molar-refractivity contribution in [3.05, 3.63) is 120 Å². The van der Waals surface area contributed by atoms with E-state index in [1.807, 2.05) is 54.2 Å². The first-order valence-corrected chi connectivity index (χ1v) is 13.5. The van der Waals surface area contributed by atoms with Crippen LogP contribution in [0.15, 0.2) is 108 Å². The van der Waals surface area contributed by atoms with Gasteiger partial charge in [-0.1, -0.05) is 103 Å². The van der Waals surface area contributed by atoms with Crippen LogP contribution >= 0.6 is 11.8 Å². The van der Waals surface area contributed by atoms with Crippen LogP contribution in [0.2, 0.25) is 0 Å². The van der Waals surface area contributed by atoms with Crippen molar-refractivity contribution in [2.24, 2.45) is 4.99 Å². The average Bonchev–Trinajstić information content (AvgIpc) is 3.32. The largest absolute Gasteiger partial charge is 0.299 e. The summed E-state index contributed by atoms with van der Waals surface area (Å²) in [4.78, 5) is 10.1. The Morgan fingerprint density at radius 2 is 1.58 bits per heavy atom. The number of nitrogens with zero attached hydrogens (tertiary/aromatic N) is 2. The van der Waals surface area contributed by atoms with Crippen molar-refractivity contribution in [2.45, 2.75) is 17.7 Å². The zero-order valence-corrected chi connectivity index (χ0v) is 21.6. The Kier molecular flexibility index (Phi) is 5.17. The van der Waals surface area contributed by atoms with Gasteiger partial charge in [0.2, 0.25) is 0 Å². The van der Waals surface area contributed by atoms with Gasteiger partial charge in [-0.2, -0.15) is 0 Å². The quantitative estimate of drug-likeness (QED) is 0.297. The third kappa shape index (κ3) is 3.62. The van der Waals surface area contributed by atoms with Crippen molar-refractivity contribution in [1.82, 2.24) is 4.98 Å². The zero-order chi connectivity index (χ0) is 25.9. The van der Waals surface area contributed by atoms with Gasteiger partial charge in [0.1, 0.15) is 0 Å². The van der Waals surface area contributed by atoms with E-state index in [1.165, 1.54) is 0 Å². The van der Waals surface area contributed by atoms with Gasteiger partial charge >= 0.3 is 0 Å². The molecule has 1 aromatic heterocycles. The number of nitrogens with one attached hydrogen (secondary N) is 2. The zero-order valence-electron chi connectivity index (χ0n) is 20.8. The van der Waals surface area contributed by atoms with Crippen molar-refractivity contribution < 1.29 is 0 Å². The van der Waals surface area contributed by atoms with Crippen molar-refractivity contribution in [3.63, 3.8) is 0 Å². The molecule has 0 fully saturated rings. The summed E-state index contributed by atoms with van der Waals surface area (Å²) in [5, 5.41) is 19.3. The molecule has 0 saturated heterocycles. The van der Waals surface area contributed by atoms with Crippen molar-refractivity contribution >= 4 is 45.2 Å². The van der Waals surface area contributed by atoms with Crippen LogP contribution < -0.4 is 0 Å². The summed E-state index contributed by atoms with van der Waals surface area (Å²) in [7, 11) is 0. The van der Waals surface area contributed by atoms with Gasteiger partial charge in [0, 0.05) is 27.6 Å². The first-order chi connectivity index (χ1) is 18.5. The molecule has 0 spiro atoms. The van der Waals surface area contributed by atoms with E-state index in [-0.39, 0.29) is 17.0 Å². The minimum atomic E-state index is -0.174. The maximum Gasteiger partial charge on any atom is 0.0994 e. The number of fused-ring (bicyclic) bond motifs is 4. The molecule has 0 radical (unpaired) electrons. The number of thioether (sulfide) groups is 1. The molecule has 1 aliphatic heterocycles. The Bertz CT molecular complexity index is 1780. The first kappa shape index (κ1) is 22.8. The van der Waals surface area contributed by atoms with Crippen LogP contribution in [0.4, 0.5) is 0 Å². The third-order valence-corrected chi connectivity index (χ3v) is 8.90. The fourth-order valence-electron chi connectivity index (χ4n) is 5.36. The standard InChI is InChI=1S/C33H24N4S/c1-33-18-6-5-9-28(33)38-32(37-33)22-12-10-20(11-13-22)23-14-15-24-27(19-23)36-31(21-7-3-2-4-8-21)25-16-17-26(34)30(35)29(24)25/h2-19,28,34-35H,1H3. The molecule has 5 heteroatoms. The lowest BCUT2D eigenvalue weighted by atomic mass is 9.87. The van der Waals surface area contributed by atoms with Crippen LogP contribution in [0.3, 0.4) is 0 Å². The van der Waals surface area contributed by atoms with Gasteiger partial charge in [-0.3, -0.25) is 15.8 Å². The molecule has 2 aliphatic carbocycles. The Morgan fingerprint density at radius 1 is 0.816 bits per heavy atom. The molecule has 2 atom stereocenters. The third-order valence-electron chi connectivity index (χ3n) is 7.46. The van der Waals surface area contributed by atoms with Gasteiger partial charge < -0.3 is 0 Å². The Morgan fingerprint density at radius 3 is 2.37 bits per heavy atom. The number of rotatable bonds is 3. The molecule has 7 rings (SSSR count). The molecule has 4 aromatic rings. The highest BCUT2D eigenvalue weighted by Crippen LogP contribution is 2.41. The van der Waals surface area contributed by atoms with E-state index < -0.39 is 0 Å². The SMILES string of the molecule is CC12C=CC=CC1SC(c1ccc(-c3ccc4c5c(c(-c6ccccc6)nc4c3)C=CC(=N)C5=N)cc1)=N2. The van der Waals surface area contributed by atoms with Crippen molar-refractivity contribution in [3.8, 4) is 22.4 Å². The minimum absolute atomic E-state index is 0.174.